The number of carbonyl (C=O) groups is 2. The average Bonchev–Trinajstić information content (AvgIpc) is 2.48. The summed E-state index contributed by atoms with van der Waals surface area (Å²) in [5.41, 5.74) is 13.6. The number of hydrogen-bond donors (Lipinski definition) is 2. The van der Waals surface area contributed by atoms with E-state index in [2.05, 4.69) is 0 Å². The first-order chi connectivity index (χ1) is 10.1. The first-order valence-electron chi connectivity index (χ1n) is 6.78. The van der Waals surface area contributed by atoms with Gasteiger partial charge in [-0.1, -0.05) is 54.6 Å². The summed E-state index contributed by atoms with van der Waals surface area (Å²) in [4.78, 5) is 22.3. The molecule has 2 rings (SSSR count). The smallest absolute Gasteiger partial charge is 0.221 e. The molecule has 0 saturated heterocycles. The van der Waals surface area contributed by atoms with Crippen molar-refractivity contribution in [3.05, 3.63) is 60.2 Å². The van der Waals surface area contributed by atoms with Gasteiger partial charge in [0.2, 0.25) is 11.8 Å². The molecule has 108 valence electrons. The van der Waals surface area contributed by atoms with Gasteiger partial charge < -0.3 is 11.5 Å². The fourth-order valence-corrected chi connectivity index (χ4v) is 2.26. The van der Waals surface area contributed by atoms with Gasteiger partial charge in [0.15, 0.2) is 0 Å². The third-order valence-electron chi connectivity index (χ3n) is 3.39. The van der Waals surface area contributed by atoms with E-state index in [0.717, 1.165) is 16.7 Å². The van der Waals surface area contributed by atoms with E-state index in [4.69, 9.17) is 11.5 Å². The van der Waals surface area contributed by atoms with Gasteiger partial charge in [-0.3, -0.25) is 9.59 Å². The Morgan fingerprint density at radius 3 is 1.95 bits per heavy atom. The highest BCUT2D eigenvalue weighted by atomic mass is 16.2. The van der Waals surface area contributed by atoms with Crippen molar-refractivity contribution in [1.29, 1.82) is 0 Å². The van der Waals surface area contributed by atoms with Crippen molar-refractivity contribution >= 4 is 11.8 Å². The summed E-state index contributed by atoms with van der Waals surface area (Å²) in [6, 6.07) is 17.9. The molecular formula is C17H18N2O2. The monoisotopic (exact) mass is 282 g/mol. The summed E-state index contributed by atoms with van der Waals surface area (Å²) in [5, 5.41) is 0. The topological polar surface area (TPSA) is 86.2 Å². The number of benzene rings is 2. The maximum atomic E-state index is 11.3. The van der Waals surface area contributed by atoms with Gasteiger partial charge in [-0.2, -0.15) is 0 Å². The zero-order valence-electron chi connectivity index (χ0n) is 11.7. The fourth-order valence-electron chi connectivity index (χ4n) is 2.26. The molecule has 0 aromatic heterocycles. The molecule has 0 bridgehead atoms. The minimum atomic E-state index is -0.551. The Balaban J connectivity index is 2.11. The highest BCUT2D eigenvalue weighted by molar-refractivity contribution is 5.84. The minimum absolute atomic E-state index is 0.0181. The number of rotatable bonds is 6. The first-order valence-corrected chi connectivity index (χ1v) is 6.78. The second kappa shape index (κ2) is 6.70. The van der Waals surface area contributed by atoms with E-state index >= 15 is 0 Å². The fraction of sp³-hybridized carbons (Fsp3) is 0.176. The molecule has 4 N–H and O–H groups in total. The summed E-state index contributed by atoms with van der Waals surface area (Å²) in [6.45, 7) is 0. The molecule has 2 amide bonds. The van der Waals surface area contributed by atoms with Crippen LogP contribution in [-0.2, 0) is 16.0 Å². The molecule has 0 radical (unpaired) electrons. The summed E-state index contributed by atoms with van der Waals surface area (Å²) in [6.07, 6.45) is 0.406. The SMILES string of the molecule is NC(=O)CC(Cc1ccc(-c2ccccc2)cc1)C(N)=O. The molecule has 2 aromatic rings. The largest absolute Gasteiger partial charge is 0.370 e. The lowest BCUT2D eigenvalue weighted by Gasteiger charge is -2.12. The van der Waals surface area contributed by atoms with Crippen LogP contribution in [-0.4, -0.2) is 11.8 Å². The Labute approximate surface area is 123 Å². The molecule has 21 heavy (non-hydrogen) atoms. The van der Waals surface area contributed by atoms with Crippen LogP contribution >= 0.6 is 0 Å². The van der Waals surface area contributed by atoms with E-state index in [1.54, 1.807) is 0 Å². The molecule has 1 atom stereocenters. The van der Waals surface area contributed by atoms with Gasteiger partial charge in [-0.15, -0.1) is 0 Å². The van der Waals surface area contributed by atoms with Crippen molar-refractivity contribution in [3.63, 3.8) is 0 Å². The lowest BCUT2D eigenvalue weighted by Crippen LogP contribution is -2.29. The Morgan fingerprint density at radius 1 is 0.857 bits per heavy atom. The Morgan fingerprint density at radius 2 is 1.43 bits per heavy atom. The maximum absolute atomic E-state index is 11.3. The van der Waals surface area contributed by atoms with Crippen LogP contribution in [0.3, 0.4) is 0 Å². The van der Waals surface area contributed by atoms with E-state index < -0.39 is 17.7 Å². The van der Waals surface area contributed by atoms with Gasteiger partial charge >= 0.3 is 0 Å². The predicted molar refractivity (Wildman–Crippen MR) is 82.1 cm³/mol. The third kappa shape index (κ3) is 4.18. The van der Waals surface area contributed by atoms with Crippen LogP contribution in [0.4, 0.5) is 0 Å². The van der Waals surface area contributed by atoms with Gasteiger partial charge in [0.25, 0.3) is 0 Å². The van der Waals surface area contributed by atoms with Gasteiger partial charge in [0.1, 0.15) is 0 Å². The van der Waals surface area contributed by atoms with Crippen LogP contribution < -0.4 is 11.5 Å². The van der Waals surface area contributed by atoms with E-state index in [9.17, 15) is 9.59 Å². The molecule has 0 aliphatic heterocycles. The highest BCUT2D eigenvalue weighted by Crippen LogP contribution is 2.20. The second-order valence-corrected chi connectivity index (χ2v) is 5.04. The van der Waals surface area contributed by atoms with E-state index in [0.29, 0.717) is 6.42 Å². The summed E-state index contributed by atoms with van der Waals surface area (Å²) >= 11 is 0. The van der Waals surface area contributed by atoms with Crippen LogP contribution in [0.1, 0.15) is 12.0 Å². The van der Waals surface area contributed by atoms with Crippen molar-refractivity contribution in [3.8, 4) is 11.1 Å². The zero-order chi connectivity index (χ0) is 15.2. The Kier molecular flexibility index (Phi) is 4.72. The first kappa shape index (κ1) is 14.8. The number of carbonyl (C=O) groups excluding carboxylic acids is 2. The number of hydrogen-bond acceptors (Lipinski definition) is 2. The number of nitrogens with two attached hydrogens (primary N) is 2. The standard InChI is InChI=1S/C17H18N2O2/c18-16(20)11-15(17(19)21)10-12-6-8-14(9-7-12)13-4-2-1-3-5-13/h1-9,15H,10-11H2,(H2,18,20)(H2,19,21). The molecule has 4 nitrogen and oxygen atoms in total. The lowest BCUT2D eigenvalue weighted by molar-refractivity contribution is -0.126. The zero-order valence-corrected chi connectivity index (χ0v) is 11.7. The minimum Gasteiger partial charge on any atom is -0.370 e. The molecular weight excluding hydrogens is 264 g/mol. The number of primary amides is 2. The van der Waals surface area contributed by atoms with Crippen LogP contribution in [0.5, 0.6) is 0 Å². The van der Waals surface area contributed by atoms with Crippen LogP contribution in [0.25, 0.3) is 11.1 Å². The molecule has 0 heterocycles. The van der Waals surface area contributed by atoms with Crippen LogP contribution in [0, 0.1) is 5.92 Å². The molecule has 2 aromatic carbocycles. The summed E-state index contributed by atoms with van der Waals surface area (Å²) in [7, 11) is 0. The molecule has 0 aliphatic rings. The van der Waals surface area contributed by atoms with Crippen molar-refractivity contribution in [2.75, 3.05) is 0 Å². The van der Waals surface area contributed by atoms with Gasteiger partial charge in [-0.05, 0) is 23.1 Å². The predicted octanol–water partition coefficient (Wildman–Crippen LogP) is 1.87. The normalized spacial score (nSPS) is 11.8. The van der Waals surface area contributed by atoms with Crippen molar-refractivity contribution < 1.29 is 9.59 Å². The highest BCUT2D eigenvalue weighted by Gasteiger charge is 2.18. The average molecular weight is 282 g/mol. The van der Waals surface area contributed by atoms with E-state index in [-0.39, 0.29) is 6.42 Å². The number of amides is 2. The van der Waals surface area contributed by atoms with E-state index in [1.807, 2.05) is 54.6 Å². The molecule has 0 aliphatic carbocycles. The second-order valence-electron chi connectivity index (χ2n) is 5.04. The Bertz CT molecular complexity index is 621. The summed E-state index contributed by atoms with van der Waals surface area (Å²) < 4.78 is 0. The van der Waals surface area contributed by atoms with Crippen LogP contribution in [0.15, 0.2) is 54.6 Å². The maximum Gasteiger partial charge on any atom is 0.221 e. The molecule has 4 heteroatoms. The quantitative estimate of drug-likeness (QED) is 0.847. The molecule has 1 unspecified atom stereocenters. The van der Waals surface area contributed by atoms with Crippen molar-refractivity contribution in [2.24, 2.45) is 17.4 Å². The van der Waals surface area contributed by atoms with Gasteiger partial charge in [0.05, 0.1) is 5.92 Å². The summed E-state index contributed by atoms with van der Waals surface area (Å²) in [5.74, 6) is -1.56. The van der Waals surface area contributed by atoms with Crippen molar-refractivity contribution in [2.45, 2.75) is 12.8 Å². The molecule has 0 fully saturated rings. The van der Waals surface area contributed by atoms with E-state index in [1.165, 1.54) is 0 Å². The lowest BCUT2D eigenvalue weighted by atomic mass is 9.94. The Hall–Kier alpha value is -2.62. The molecule has 0 saturated carbocycles. The molecule has 0 spiro atoms. The van der Waals surface area contributed by atoms with Crippen molar-refractivity contribution in [1.82, 2.24) is 0 Å². The van der Waals surface area contributed by atoms with Gasteiger partial charge in [-0.25, -0.2) is 0 Å². The van der Waals surface area contributed by atoms with Gasteiger partial charge in [0, 0.05) is 6.42 Å². The third-order valence-corrected chi connectivity index (χ3v) is 3.39. The van der Waals surface area contributed by atoms with Crippen LogP contribution in [0.2, 0.25) is 0 Å².